The fourth-order valence-corrected chi connectivity index (χ4v) is 7.89. The molecule has 0 saturated carbocycles. The molecule has 0 aliphatic carbocycles. The second-order valence-electron chi connectivity index (χ2n) is 18.6. The molecular weight excluding hydrogens is 875 g/mol. The molecule has 7 unspecified atom stereocenters. The van der Waals surface area contributed by atoms with Crippen LogP contribution in [0.4, 0.5) is 0 Å². The molecule has 0 aromatic carbocycles. The molecule has 1 heterocycles. The van der Waals surface area contributed by atoms with E-state index in [1.807, 2.05) is 6.08 Å². The molecule has 0 spiro atoms. The van der Waals surface area contributed by atoms with E-state index in [0.717, 1.165) is 96.3 Å². The molecular formula is C61H101NO8. The first-order chi connectivity index (χ1) is 34.3. The van der Waals surface area contributed by atoms with Crippen molar-refractivity contribution in [1.29, 1.82) is 0 Å². The lowest BCUT2D eigenvalue weighted by atomic mass is 9.99. The second-order valence-corrected chi connectivity index (χ2v) is 18.6. The maximum atomic E-state index is 13.0. The third kappa shape index (κ3) is 38.3. The van der Waals surface area contributed by atoms with Crippen molar-refractivity contribution in [2.45, 2.75) is 243 Å². The fourth-order valence-electron chi connectivity index (χ4n) is 7.89. The molecule has 9 heteroatoms. The lowest BCUT2D eigenvalue weighted by molar-refractivity contribution is -0.302. The zero-order valence-electron chi connectivity index (χ0n) is 44.0. The van der Waals surface area contributed by atoms with E-state index in [1.165, 1.54) is 77.0 Å². The van der Waals surface area contributed by atoms with Crippen LogP contribution >= 0.6 is 0 Å². The van der Waals surface area contributed by atoms with E-state index in [1.54, 1.807) is 6.08 Å². The van der Waals surface area contributed by atoms with E-state index >= 15 is 0 Å². The predicted molar refractivity (Wildman–Crippen MR) is 294 cm³/mol. The minimum atomic E-state index is -1.58. The summed E-state index contributed by atoms with van der Waals surface area (Å²) in [6.45, 7) is 3.62. The summed E-state index contributed by atoms with van der Waals surface area (Å²) in [5.41, 5.74) is 0. The molecule has 0 aromatic heterocycles. The highest BCUT2D eigenvalue weighted by molar-refractivity contribution is 5.76. The van der Waals surface area contributed by atoms with Crippen molar-refractivity contribution in [3.8, 4) is 0 Å². The zero-order chi connectivity index (χ0) is 50.8. The standard InChI is InChI=1S/C61H101NO8/c1-3-5-7-9-11-13-15-17-19-21-23-24-25-26-27-28-29-30-31-32-33-35-37-39-41-43-45-47-49-51-57(65)62-54(53-69-61-60(68)59(67)58(66)56(52-63)70-61)55(64)50-48-46-44-42-40-38-36-34-22-20-18-16-14-12-10-8-6-4-2/h5,7,11,13,17,19,23-24,26-27,29-30,32-33,37,39-40,42,48,50,54-56,58-61,63-64,66-68H,3-4,6,8-10,12,14-16,18,20-22,25,28,31,34-36,38,41,43-47,49,51-53H2,1-2H3,(H,62,65)/b7-5-,13-11-,19-17-,24-23-,27-26-,30-29-,33-32-,39-37-,42-40+,50-48+. The van der Waals surface area contributed by atoms with Gasteiger partial charge < -0.3 is 40.3 Å². The topological polar surface area (TPSA) is 149 Å². The predicted octanol–water partition coefficient (Wildman–Crippen LogP) is 13.6. The normalized spacial score (nSPS) is 20.4. The van der Waals surface area contributed by atoms with Crippen LogP contribution in [0.25, 0.3) is 0 Å². The Morgan fingerprint density at radius 3 is 1.37 bits per heavy atom. The minimum absolute atomic E-state index is 0.216. The third-order valence-electron chi connectivity index (χ3n) is 12.3. The number of hydrogen-bond acceptors (Lipinski definition) is 8. The van der Waals surface area contributed by atoms with E-state index in [-0.39, 0.29) is 12.5 Å². The van der Waals surface area contributed by atoms with Gasteiger partial charge in [0.25, 0.3) is 0 Å². The summed E-state index contributed by atoms with van der Waals surface area (Å²) in [7, 11) is 0. The van der Waals surface area contributed by atoms with Gasteiger partial charge in [-0.2, -0.15) is 0 Å². The second kappa shape index (κ2) is 49.2. The number of carbonyl (C=O) groups is 1. The van der Waals surface area contributed by atoms with Crippen molar-refractivity contribution in [3.05, 3.63) is 122 Å². The Morgan fingerprint density at radius 1 is 0.500 bits per heavy atom. The highest BCUT2D eigenvalue weighted by atomic mass is 16.7. The quantitative estimate of drug-likeness (QED) is 0.0261. The van der Waals surface area contributed by atoms with Gasteiger partial charge in [-0.05, 0) is 96.3 Å². The lowest BCUT2D eigenvalue weighted by Gasteiger charge is -2.40. The van der Waals surface area contributed by atoms with Gasteiger partial charge in [-0.3, -0.25) is 4.79 Å². The summed E-state index contributed by atoms with van der Waals surface area (Å²) in [6.07, 6.45) is 66.8. The summed E-state index contributed by atoms with van der Waals surface area (Å²) >= 11 is 0. The summed E-state index contributed by atoms with van der Waals surface area (Å²) in [5.74, 6) is -0.216. The third-order valence-corrected chi connectivity index (χ3v) is 12.3. The van der Waals surface area contributed by atoms with E-state index in [0.29, 0.717) is 12.8 Å². The van der Waals surface area contributed by atoms with Gasteiger partial charge in [0.1, 0.15) is 24.4 Å². The first kappa shape index (κ1) is 64.6. The maximum Gasteiger partial charge on any atom is 0.220 e. The van der Waals surface area contributed by atoms with Crippen molar-refractivity contribution < 1.29 is 39.8 Å². The monoisotopic (exact) mass is 976 g/mol. The van der Waals surface area contributed by atoms with Crippen LogP contribution in [0.2, 0.25) is 0 Å². The highest BCUT2D eigenvalue weighted by Gasteiger charge is 2.44. The molecule has 1 aliphatic heterocycles. The van der Waals surface area contributed by atoms with Crippen LogP contribution in [-0.2, 0) is 14.3 Å². The Balaban J connectivity index is 2.31. The molecule has 70 heavy (non-hydrogen) atoms. The van der Waals surface area contributed by atoms with Crippen molar-refractivity contribution in [2.24, 2.45) is 0 Å². The van der Waals surface area contributed by atoms with Gasteiger partial charge in [-0.1, -0.05) is 219 Å². The molecule has 1 amide bonds. The van der Waals surface area contributed by atoms with Gasteiger partial charge in [0.05, 0.1) is 25.4 Å². The SMILES string of the molecule is CC/C=C\C/C=C\C/C=C\C/C=C\C/C=C\C/C=C\C/C=C\C/C=C\CCCCCCC(=O)NC(COC1OC(CO)C(O)C(O)C1O)C(O)/C=C/CC/C=C/CCCCCCCCCCCCCC. The number of rotatable bonds is 45. The average molecular weight is 976 g/mol. The number of carbonyl (C=O) groups excluding carboxylic acids is 1. The Kier molecular flexibility index (Phi) is 45.4. The molecule has 0 bridgehead atoms. The molecule has 1 fully saturated rings. The molecule has 1 rings (SSSR count). The molecule has 7 atom stereocenters. The number of amides is 1. The molecule has 6 N–H and O–H groups in total. The van der Waals surface area contributed by atoms with Crippen LogP contribution in [0.3, 0.4) is 0 Å². The van der Waals surface area contributed by atoms with Gasteiger partial charge >= 0.3 is 0 Å². The first-order valence-electron chi connectivity index (χ1n) is 27.8. The number of aliphatic hydroxyl groups is 5. The van der Waals surface area contributed by atoms with Crippen molar-refractivity contribution in [3.63, 3.8) is 0 Å². The largest absolute Gasteiger partial charge is 0.394 e. The Bertz CT molecular complexity index is 1510. The number of nitrogens with one attached hydrogen (secondary N) is 1. The van der Waals surface area contributed by atoms with E-state index in [9.17, 15) is 30.3 Å². The van der Waals surface area contributed by atoms with Crippen LogP contribution < -0.4 is 5.32 Å². The number of unbranched alkanes of at least 4 members (excludes halogenated alkanes) is 17. The van der Waals surface area contributed by atoms with Crippen LogP contribution in [0, 0.1) is 0 Å². The summed E-state index contributed by atoms with van der Waals surface area (Å²) in [4.78, 5) is 13.0. The minimum Gasteiger partial charge on any atom is -0.394 e. The van der Waals surface area contributed by atoms with E-state index < -0.39 is 49.5 Å². The Hall–Kier alpha value is -3.41. The lowest BCUT2D eigenvalue weighted by Crippen LogP contribution is -2.60. The van der Waals surface area contributed by atoms with E-state index in [4.69, 9.17) is 9.47 Å². The maximum absolute atomic E-state index is 13.0. The van der Waals surface area contributed by atoms with Gasteiger partial charge in [0.2, 0.25) is 5.91 Å². The van der Waals surface area contributed by atoms with Crippen molar-refractivity contribution in [2.75, 3.05) is 13.2 Å². The Labute approximate surface area is 427 Å². The summed E-state index contributed by atoms with van der Waals surface area (Å²) in [6, 6.07) is -0.845. The van der Waals surface area contributed by atoms with Crippen LogP contribution in [0.15, 0.2) is 122 Å². The summed E-state index contributed by atoms with van der Waals surface area (Å²) < 4.78 is 11.2. The first-order valence-corrected chi connectivity index (χ1v) is 27.8. The smallest absolute Gasteiger partial charge is 0.220 e. The van der Waals surface area contributed by atoms with Crippen molar-refractivity contribution >= 4 is 5.91 Å². The number of aliphatic hydroxyl groups excluding tert-OH is 5. The molecule has 1 aliphatic rings. The molecule has 0 aromatic rings. The van der Waals surface area contributed by atoms with Crippen molar-refractivity contribution in [1.82, 2.24) is 5.32 Å². The van der Waals surface area contributed by atoms with Crippen LogP contribution in [0.1, 0.15) is 200 Å². The fraction of sp³-hybridized carbons (Fsp3) is 0.656. The molecule has 9 nitrogen and oxygen atoms in total. The van der Waals surface area contributed by atoms with Gasteiger partial charge in [-0.25, -0.2) is 0 Å². The summed E-state index contributed by atoms with van der Waals surface area (Å²) in [5, 5.41) is 54.4. The molecule has 0 radical (unpaired) electrons. The van der Waals surface area contributed by atoms with Gasteiger partial charge in [-0.15, -0.1) is 0 Å². The Morgan fingerprint density at radius 2 is 0.900 bits per heavy atom. The highest BCUT2D eigenvalue weighted by Crippen LogP contribution is 2.22. The van der Waals surface area contributed by atoms with Gasteiger partial charge in [0, 0.05) is 6.42 Å². The van der Waals surface area contributed by atoms with Crippen LogP contribution in [0.5, 0.6) is 0 Å². The number of allylic oxidation sites excluding steroid dienone is 19. The van der Waals surface area contributed by atoms with E-state index in [2.05, 4.69) is 129 Å². The zero-order valence-corrected chi connectivity index (χ0v) is 44.0. The number of ether oxygens (including phenoxy) is 2. The number of hydrogen-bond donors (Lipinski definition) is 6. The average Bonchev–Trinajstić information content (AvgIpc) is 3.36. The molecule has 398 valence electrons. The van der Waals surface area contributed by atoms with Crippen LogP contribution in [-0.4, -0.2) is 87.5 Å². The van der Waals surface area contributed by atoms with Gasteiger partial charge in [0.15, 0.2) is 6.29 Å². The molecule has 1 saturated heterocycles.